The lowest BCUT2D eigenvalue weighted by molar-refractivity contribution is 0.0148. The number of hydrazine groups is 1. The molecule has 9 heteroatoms. The summed E-state index contributed by atoms with van der Waals surface area (Å²) in [6, 6.07) is 14.8. The van der Waals surface area contributed by atoms with Gasteiger partial charge in [-0.15, -0.1) is 11.3 Å². The summed E-state index contributed by atoms with van der Waals surface area (Å²) in [5.41, 5.74) is 1.85. The molecule has 0 spiro atoms. The molecular weight excluding hydrogens is 484 g/mol. The molecule has 1 fully saturated rings. The Labute approximate surface area is 212 Å². The van der Waals surface area contributed by atoms with Gasteiger partial charge in [-0.2, -0.15) is 0 Å². The summed E-state index contributed by atoms with van der Waals surface area (Å²) in [5, 5.41) is 23.5. The van der Waals surface area contributed by atoms with E-state index in [0.717, 1.165) is 22.5 Å². The molecule has 1 aliphatic heterocycles. The molecule has 0 radical (unpaired) electrons. The number of furan rings is 1. The van der Waals surface area contributed by atoms with Gasteiger partial charge in [-0.25, -0.2) is 9.80 Å². The second-order valence-corrected chi connectivity index (χ2v) is 10.3. The van der Waals surface area contributed by atoms with E-state index in [0.29, 0.717) is 48.7 Å². The van der Waals surface area contributed by atoms with Crippen molar-refractivity contribution < 1.29 is 24.2 Å². The third-order valence-corrected chi connectivity index (χ3v) is 7.52. The maximum absolute atomic E-state index is 12.5. The van der Waals surface area contributed by atoms with E-state index < -0.39 is 12.1 Å². The highest BCUT2D eigenvalue weighted by Crippen LogP contribution is 2.22. The predicted octanol–water partition coefficient (Wildman–Crippen LogP) is 4.36. The Balaban J connectivity index is 1.30. The zero-order chi connectivity index (χ0) is 24.6. The number of carboxylic acids is 1. The zero-order valence-corrected chi connectivity index (χ0v) is 20.7. The van der Waals surface area contributed by atoms with Crippen LogP contribution in [0.4, 0.5) is 4.79 Å². The van der Waals surface area contributed by atoms with Gasteiger partial charge in [0.2, 0.25) is 0 Å². The molecule has 1 saturated heterocycles. The minimum absolute atomic E-state index is 0.0106. The second-order valence-electron chi connectivity index (χ2n) is 8.09. The van der Waals surface area contributed by atoms with Crippen LogP contribution in [0.5, 0.6) is 0 Å². The first kappa shape index (κ1) is 25.1. The number of thiophene rings is 1. The van der Waals surface area contributed by atoms with E-state index in [1.807, 2.05) is 35.3 Å². The van der Waals surface area contributed by atoms with Crippen molar-refractivity contribution in [2.24, 2.45) is 0 Å². The van der Waals surface area contributed by atoms with Gasteiger partial charge in [0.1, 0.15) is 4.88 Å². The Kier molecular flexibility index (Phi) is 8.66. The molecule has 4 rings (SSSR count). The van der Waals surface area contributed by atoms with Crippen molar-refractivity contribution >= 4 is 34.3 Å². The standard InChI is InChI=1S/C26H26N2O5S2/c29-21(18-20-4-1-3-19(17-20)6-7-22-5-2-15-33-22)10-12-27-14-16-34-26(32)28(27)13-11-23-8-9-24(35-23)25(30)31/h1-5,8-9,15,17,21,29H,10-14,16,18H2,(H,30,31). The maximum atomic E-state index is 12.5. The highest BCUT2D eigenvalue weighted by Gasteiger charge is 2.27. The molecule has 1 atom stereocenters. The summed E-state index contributed by atoms with van der Waals surface area (Å²) in [6.45, 7) is 1.78. The van der Waals surface area contributed by atoms with Crippen LogP contribution in [0.3, 0.4) is 0 Å². The minimum Gasteiger partial charge on any atom is -0.477 e. The SMILES string of the molecule is O=C(O)c1ccc(CCN2C(=O)SCCN2CCC(O)Cc2cccc(C#Cc3ccco3)c2)s1. The number of amides is 1. The molecule has 3 heterocycles. The number of carboxylic acid groups (broad SMARTS) is 1. The van der Waals surface area contributed by atoms with Gasteiger partial charge in [0.05, 0.1) is 12.4 Å². The first-order valence-corrected chi connectivity index (χ1v) is 13.1. The summed E-state index contributed by atoms with van der Waals surface area (Å²) in [4.78, 5) is 24.9. The van der Waals surface area contributed by atoms with E-state index in [1.165, 1.54) is 23.1 Å². The van der Waals surface area contributed by atoms with Crippen LogP contribution in [-0.2, 0) is 12.8 Å². The smallest absolute Gasteiger partial charge is 0.345 e. The average Bonchev–Trinajstić information content (AvgIpc) is 3.53. The van der Waals surface area contributed by atoms with Crippen LogP contribution in [0.15, 0.2) is 59.2 Å². The number of aliphatic hydroxyl groups excluding tert-OH is 1. The lowest BCUT2D eigenvalue weighted by atomic mass is 10.0. The fourth-order valence-electron chi connectivity index (χ4n) is 3.79. The Bertz CT molecular complexity index is 1210. The highest BCUT2D eigenvalue weighted by molar-refractivity contribution is 8.13. The number of carbonyl (C=O) groups excluding carboxylic acids is 1. The Hall–Kier alpha value is -3.03. The molecule has 0 bridgehead atoms. The fourth-order valence-corrected chi connectivity index (χ4v) is 5.46. The molecule has 1 aliphatic rings. The molecule has 1 aromatic carbocycles. The maximum Gasteiger partial charge on any atom is 0.345 e. The van der Waals surface area contributed by atoms with Crippen molar-refractivity contribution in [2.75, 3.05) is 25.4 Å². The average molecular weight is 511 g/mol. The lowest BCUT2D eigenvalue weighted by Gasteiger charge is -2.38. The number of aromatic carboxylic acids is 1. The van der Waals surface area contributed by atoms with Crippen molar-refractivity contribution in [3.05, 3.63) is 81.4 Å². The number of hydrogen-bond acceptors (Lipinski definition) is 7. The van der Waals surface area contributed by atoms with Gasteiger partial charge in [-0.05, 0) is 60.7 Å². The van der Waals surface area contributed by atoms with Gasteiger partial charge < -0.3 is 14.6 Å². The molecule has 2 N–H and O–H groups in total. The normalized spacial score (nSPS) is 15.0. The first-order chi connectivity index (χ1) is 17.0. The Morgan fingerprint density at radius 1 is 1.14 bits per heavy atom. The topological polar surface area (TPSA) is 94.2 Å². The minimum atomic E-state index is -0.934. The van der Waals surface area contributed by atoms with Crippen LogP contribution < -0.4 is 0 Å². The molecule has 182 valence electrons. The number of rotatable bonds is 9. The van der Waals surface area contributed by atoms with Gasteiger partial charge in [0.15, 0.2) is 5.76 Å². The van der Waals surface area contributed by atoms with Crippen molar-refractivity contribution in [3.8, 4) is 11.8 Å². The largest absolute Gasteiger partial charge is 0.477 e. The summed E-state index contributed by atoms with van der Waals surface area (Å²) < 4.78 is 5.24. The summed E-state index contributed by atoms with van der Waals surface area (Å²) >= 11 is 2.53. The van der Waals surface area contributed by atoms with E-state index in [9.17, 15) is 14.7 Å². The molecule has 1 amide bonds. The molecule has 1 unspecified atom stereocenters. The van der Waals surface area contributed by atoms with Crippen LogP contribution in [0.1, 0.15) is 37.9 Å². The van der Waals surface area contributed by atoms with Crippen molar-refractivity contribution in [2.45, 2.75) is 25.4 Å². The van der Waals surface area contributed by atoms with E-state index in [1.54, 1.807) is 29.5 Å². The summed E-state index contributed by atoms with van der Waals surface area (Å²) in [5.74, 6) is 6.44. The van der Waals surface area contributed by atoms with E-state index in [2.05, 4.69) is 11.8 Å². The van der Waals surface area contributed by atoms with Crippen LogP contribution in [-0.4, -0.2) is 62.9 Å². The number of thioether (sulfide) groups is 1. The monoisotopic (exact) mass is 510 g/mol. The fraction of sp³-hybridized carbons (Fsp3) is 0.308. The van der Waals surface area contributed by atoms with Gasteiger partial charge in [-0.1, -0.05) is 29.8 Å². The number of nitrogens with zero attached hydrogens (tertiary/aromatic N) is 2. The number of benzene rings is 1. The molecular formula is C26H26N2O5S2. The first-order valence-electron chi connectivity index (χ1n) is 11.3. The second kappa shape index (κ2) is 12.1. The molecule has 7 nitrogen and oxygen atoms in total. The van der Waals surface area contributed by atoms with E-state index in [-0.39, 0.29) is 5.24 Å². The van der Waals surface area contributed by atoms with Crippen LogP contribution in [0.25, 0.3) is 0 Å². The van der Waals surface area contributed by atoms with E-state index >= 15 is 0 Å². The predicted molar refractivity (Wildman–Crippen MR) is 137 cm³/mol. The van der Waals surface area contributed by atoms with Crippen LogP contribution in [0, 0.1) is 11.8 Å². The molecule has 35 heavy (non-hydrogen) atoms. The molecule has 2 aromatic heterocycles. The van der Waals surface area contributed by atoms with Gasteiger partial charge >= 0.3 is 5.97 Å². The molecule has 0 saturated carbocycles. The number of carbonyl (C=O) groups is 2. The van der Waals surface area contributed by atoms with Gasteiger partial charge in [0.25, 0.3) is 5.24 Å². The summed E-state index contributed by atoms with van der Waals surface area (Å²) in [6.07, 6.45) is 2.66. The van der Waals surface area contributed by atoms with Crippen molar-refractivity contribution in [1.29, 1.82) is 0 Å². The number of hydrogen-bond donors (Lipinski definition) is 2. The van der Waals surface area contributed by atoms with E-state index in [4.69, 9.17) is 9.52 Å². The third kappa shape index (κ3) is 7.23. The highest BCUT2D eigenvalue weighted by atomic mass is 32.2. The number of aliphatic hydroxyl groups is 1. The van der Waals surface area contributed by atoms with Gasteiger partial charge in [0, 0.05) is 42.2 Å². The Morgan fingerprint density at radius 3 is 2.80 bits per heavy atom. The lowest BCUT2D eigenvalue weighted by Crippen LogP contribution is -2.51. The van der Waals surface area contributed by atoms with Crippen molar-refractivity contribution in [3.63, 3.8) is 0 Å². The van der Waals surface area contributed by atoms with Crippen molar-refractivity contribution in [1.82, 2.24) is 10.0 Å². The molecule has 0 aliphatic carbocycles. The van der Waals surface area contributed by atoms with Crippen LogP contribution in [0.2, 0.25) is 0 Å². The van der Waals surface area contributed by atoms with Gasteiger partial charge in [-0.3, -0.25) is 9.80 Å². The molecule has 3 aromatic rings. The summed E-state index contributed by atoms with van der Waals surface area (Å²) in [7, 11) is 0. The third-order valence-electron chi connectivity index (χ3n) is 5.54. The quantitative estimate of drug-likeness (QED) is 0.413. The zero-order valence-electron chi connectivity index (χ0n) is 19.1. The Morgan fingerprint density at radius 2 is 2.03 bits per heavy atom. The van der Waals surface area contributed by atoms with Crippen LogP contribution >= 0.6 is 23.1 Å².